The van der Waals surface area contributed by atoms with E-state index in [0.29, 0.717) is 27.9 Å². The number of anilines is 1. The number of carbonyl (C=O) groups excluding carboxylic acids is 3. The van der Waals surface area contributed by atoms with Crippen LogP contribution in [0.5, 0.6) is 0 Å². The average molecular weight is 605 g/mol. The molecular formula is C25H20F6N3O6S+. The van der Waals surface area contributed by atoms with Gasteiger partial charge in [0.05, 0.1) is 16.1 Å². The predicted molar refractivity (Wildman–Crippen MR) is 129 cm³/mol. The molecule has 1 fully saturated rings. The van der Waals surface area contributed by atoms with Crippen molar-refractivity contribution in [3.8, 4) is 0 Å². The molecule has 0 spiro atoms. The summed E-state index contributed by atoms with van der Waals surface area (Å²) in [5, 5.41) is 0.387. The smallest absolute Gasteiger partial charge is 0.267 e. The van der Waals surface area contributed by atoms with Gasteiger partial charge in [-0.25, -0.2) is 18.0 Å². The first-order chi connectivity index (χ1) is 18.9. The number of aromatic nitrogens is 1. The molecule has 1 aliphatic rings. The second-order valence-electron chi connectivity index (χ2n) is 9.41. The van der Waals surface area contributed by atoms with Crippen molar-refractivity contribution in [2.24, 2.45) is 5.92 Å². The highest BCUT2D eigenvalue weighted by atomic mass is 32.2. The lowest BCUT2D eigenvalue weighted by Gasteiger charge is -2.33. The van der Waals surface area contributed by atoms with E-state index < -0.39 is 73.2 Å². The Kier molecular flexibility index (Phi) is 7.37. The Morgan fingerprint density at radius 1 is 1.00 bits per heavy atom. The van der Waals surface area contributed by atoms with Crippen LogP contribution in [0.1, 0.15) is 19.4 Å². The zero-order valence-corrected chi connectivity index (χ0v) is 21.9. The number of hydroxylamine groups is 3. The third-order valence-corrected chi connectivity index (χ3v) is 7.90. The van der Waals surface area contributed by atoms with Gasteiger partial charge in [-0.2, -0.15) is 31.2 Å². The van der Waals surface area contributed by atoms with E-state index in [4.69, 9.17) is 4.84 Å². The van der Waals surface area contributed by atoms with E-state index in [2.05, 4.69) is 4.98 Å². The SMILES string of the molecule is CC(C)C1C(=O)N(c2ccc(S(=O)(=O)C(F)(F)F)cc2)C(=O)[N+]1(Cc1ccnc2ccccc12)OC(=O)C(F)(F)F. The first-order valence-corrected chi connectivity index (χ1v) is 13.2. The summed E-state index contributed by atoms with van der Waals surface area (Å²) >= 11 is 0. The topological polar surface area (TPSA) is 111 Å². The highest BCUT2D eigenvalue weighted by Gasteiger charge is 2.67. The van der Waals surface area contributed by atoms with Crippen LogP contribution in [0.15, 0.2) is 65.7 Å². The van der Waals surface area contributed by atoms with Crippen molar-refractivity contribution in [1.29, 1.82) is 0 Å². The average Bonchev–Trinajstić information content (AvgIpc) is 3.08. The molecule has 3 aromatic rings. The number of sulfone groups is 1. The van der Waals surface area contributed by atoms with Crippen molar-refractivity contribution >= 4 is 44.3 Å². The molecule has 2 heterocycles. The molecule has 2 aromatic carbocycles. The number of pyridine rings is 1. The Hall–Kier alpha value is -4.05. The number of urea groups is 1. The largest absolute Gasteiger partial charge is 0.501 e. The molecule has 1 aliphatic heterocycles. The fraction of sp³-hybridized carbons (Fsp3) is 0.280. The number of amides is 3. The van der Waals surface area contributed by atoms with Crippen molar-refractivity contribution in [2.45, 2.75) is 43.0 Å². The molecule has 2 unspecified atom stereocenters. The molecule has 3 amide bonds. The Morgan fingerprint density at radius 3 is 2.17 bits per heavy atom. The molecule has 9 nitrogen and oxygen atoms in total. The fourth-order valence-electron chi connectivity index (χ4n) is 4.65. The number of rotatable bonds is 6. The molecular weight excluding hydrogens is 584 g/mol. The number of para-hydroxylation sites is 1. The number of nitrogens with zero attached hydrogens (tertiary/aromatic N) is 3. The summed E-state index contributed by atoms with van der Waals surface area (Å²) in [4.78, 5) is 47.8. The third kappa shape index (κ3) is 5.12. The van der Waals surface area contributed by atoms with Crippen LogP contribution in [0.3, 0.4) is 0 Å². The summed E-state index contributed by atoms with van der Waals surface area (Å²) in [6.07, 6.45) is -4.25. The third-order valence-electron chi connectivity index (χ3n) is 6.40. The number of hydrogen-bond acceptors (Lipinski definition) is 7. The maximum atomic E-state index is 13.9. The highest BCUT2D eigenvalue weighted by molar-refractivity contribution is 7.92. The van der Waals surface area contributed by atoms with Crippen LogP contribution >= 0.6 is 0 Å². The van der Waals surface area contributed by atoms with Crippen molar-refractivity contribution in [3.63, 3.8) is 0 Å². The second kappa shape index (κ2) is 10.1. The van der Waals surface area contributed by atoms with Gasteiger partial charge in [0.15, 0.2) is 6.54 Å². The number of halogens is 6. The molecule has 16 heteroatoms. The van der Waals surface area contributed by atoms with Gasteiger partial charge < -0.3 is 0 Å². The van der Waals surface area contributed by atoms with E-state index in [1.165, 1.54) is 26.1 Å². The predicted octanol–water partition coefficient (Wildman–Crippen LogP) is 5.06. The Bertz CT molecular complexity index is 1630. The summed E-state index contributed by atoms with van der Waals surface area (Å²) < 4.78 is 101. The van der Waals surface area contributed by atoms with E-state index in [1.54, 1.807) is 24.3 Å². The lowest BCUT2D eigenvalue weighted by Crippen LogP contribution is -2.59. The number of benzene rings is 2. The van der Waals surface area contributed by atoms with Crippen molar-refractivity contribution in [2.75, 3.05) is 4.90 Å². The van der Waals surface area contributed by atoms with Gasteiger partial charge in [0, 0.05) is 23.1 Å². The Balaban J connectivity index is 1.88. The molecule has 0 bridgehead atoms. The maximum Gasteiger partial charge on any atom is 0.501 e. The molecule has 4 rings (SSSR count). The van der Waals surface area contributed by atoms with Gasteiger partial charge in [0.1, 0.15) is 0 Å². The van der Waals surface area contributed by atoms with Gasteiger partial charge in [-0.1, -0.05) is 32.0 Å². The van der Waals surface area contributed by atoms with Gasteiger partial charge in [-0.15, -0.1) is 0 Å². The molecule has 0 aliphatic carbocycles. The summed E-state index contributed by atoms with van der Waals surface area (Å²) in [6, 6.07) is 7.02. The Labute approximate surface area is 228 Å². The highest BCUT2D eigenvalue weighted by Crippen LogP contribution is 2.40. The number of imide groups is 1. The van der Waals surface area contributed by atoms with E-state index in [9.17, 15) is 49.1 Å². The van der Waals surface area contributed by atoms with Crippen LogP contribution in [0.4, 0.5) is 36.8 Å². The molecule has 0 saturated carbocycles. The number of carbonyl (C=O) groups is 3. The van der Waals surface area contributed by atoms with Crippen LogP contribution in [0.25, 0.3) is 10.9 Å². The monoisotopic (exact) mass is 604 g/mol. The molecule has 1 aromatic heterocycles. The standard InChI is InChI=1S/C25H20F6N3O6S/c1-14(2)20-21(35)33(16-7-9-17(10-8-16)41(38,39)25(29,30)31)23(37)34(20,40-22(36)24(26,27)28)13-15-11-12-32-19-6-4-3-5-18(15)19/h3-12,14,20H,13H2,1-2H3/q+1. The minimum atomic E-state index is -5.78. The van der Waals surface area contributed by atoms with E-state index in [-0.39, 0.29) is 5.56 Å². The normalized spacial score (nSPS) is 20.2. The van der Waals surface area contributed by atoms with Crippen molar-refractivity contribution in [3.05, 3.63) is 66.4 Å². The van der Waals surface area contributed by atoms with Crippen LogP contribution in [-0.2, 0) is 30.8 Å². The maximum absolute atomic E-state index is 13.9. The van der Waals surface area contributed by atoms with Crippen LogP contribution in [0.2, 0.25) is 0 Å². The zero-order valence-electron chi connectivity index (χ0n) is 21.1. The molecule has 0 radical (unpaired) electrons. The van der Waals surface area contributed by atoms with E-state index >= 15 is 0 Å². The first-order valence-electron chi connectivity index (χ1n) is 11.7. The lowest BCUT2D eigenvalue weighted by molar-refractivity contribution is -1.04. The van der Waals surface area contributed by atoms with E-state index in [0.717, 1.165) is 12.1 Å². The van der Waals surface area contributed by atoms with Crippen LogP contribution in [0, 0.1) is 5.92 Å². The fourth-order valence-corrected chi connectivity index (χ4v) is 5.41. The number of quaternary nitrogens is 1. The van der Waals surface area contributed by atoms with Gasteiger partial charge in [-0.3, -0.25) is 14.6 Å². The summed E-state index contributed by atoms with van der Waals surface area (Å²) in [5.74, 6) is -4.78. The van der Waals surface area contributed by atoms with Gasteiger partial charge in [0.2, 0.25) is 6.04 Å². The molecule has 2 atom stereocenters. The summed E-state index contributed by atoms with van der Waals surface area (Å²) in [5.41, 5.74) is -5.50. The quantitative estimate of drug-likeness (QED) is 0.220. The van der Waals surface area contributed by atoms with Crippen molar-refractivity contribution in [1.82, 2.24) is 4.98 Å². The van der Waals surface area contributed by atoms with Gasteiger partial charge in [-0.05, 0) is 41.0 Å². The number of fused-ring (bicyclic) bond motifs is 1. The molecule has 1 saturated heterocycles. The molecule has 41 heavy (non-hydrogen) atoms. The molecule has 0 N–H and O–H groups in total. The summed E-state index contributed by atoms with van der Waals surface area (Å²) in [7, 11) is -5.78. The summed E-state index contributed by atoms with van der Waals surface area (Å²) in [6.45, 7) is 2.06. The first kappa shape index (κ1) is 29.9. The Morgan fingerprint density at radius 2 is 1.61 bits per heavy atom. The molecule has 218 valence electrons. The minimum absolute atomic E-state index is 0.200. The van der Waals surface area contributed by atoms with Crippen LogP contribution < -0.4 is 4.90 Å². The zero-order chi connectivity index (χ0) is 30.5. The van der Waals surface area contributed by atoms with Gasteiger partial charge >= 0.3 is 29.6 Å². The number of alkyl halides is 6. The second-order valence-corrected chi connectivity index (χ2v) is 11.3. The minimum Gasteiger partial charge on any atom is -0.267 e. The number of hydrogen-bond donors (Lipinski definition) is 0. The van der Waals surface area contributed by atoms with Crippen molar-refractivity contribution < 1.29 is 58.6 Å². The van der Waals surface area contributed by atoms with E-state index in [1.807, 2.05) is 0 Å². The van der Waals surface area contributed by atoms with Crippen LogP contribution in [-0.4, -0.2) is 53.7 Å². The van der Waals surface area contributed by atoms with Gasteiger partial charge in [0.25, 0.3) is 9.84 Å². The lowest BCUT2D eigenvalue weighted by atomic mass is 10.0.